The lowest BCUT2D eigenvalue weighted by atomic mass is 9.99. The zero-order valence-electron chi connectivity index (χ0n) is 27.8. The third kappa shape index (κ3) is 4.82. The minimum atomic E-state index is 0.901. The second kappa shape index (κ2) is 11.9. The molecule has 0 atom stereocenters. The maximum absolute atomic E-state index is 6.23. The van der Waals surface area contributed by atoms with Gasteiger partial charge in [0, 0.05) is 32.9 Å². The van der Waals surface area contributed by atoms with Gasteiger partial charge in [0.15, 0.2) is 0 Å². The second-order valence-corrected chi connectivity index (χ2v) is 12.9. The molecular formula is C48H32N2O. The van der Waals surface area contributed by atoms with Crippen LogP contribution in [0.4, 0.5) is 17.1 Å². The van der Waals surface area contributed by atoms with Crippen molar-refractivity contribution in [1.82, 2.24) is 4.57 Å². The molecule has 3 heteroatoms. The van der Waals surface area contributed by atoms with E-state index in [9.17, 15) is 0 Å². The standard InChI is InChI=1S/C48H32N2O/c1-2-13-33(14-3-1)34-25-29-36(30-26-34)49(37-31-27-35(28-32-37)38-18-12-24-47-48(38)41-17-6-11-23-46(41)51-47)44-21-9-10-22-45(44)50-42-19-7-4-15-39(42)40-16-5-8-20-43(40)50/h1-32H. The van der Waals surface area contributed by atoms with Crippen molar-refractivity contribution in [3.8, 4) is 27.9 Å². The summed E-state index contributed by atoms with van der Waals surface area (Å²) in [6.45, 7) is 0. The zero-order chi connectivity index (χ0) is 33.7. The van der Waals surface area contributed by atoms with Crippen LogP contribution in [-0.2, 0) is 0 Å². The molecule has 10 rings (SSSR count). The predicted octanol–water partition coefficient (Wildman–Crippen LogP) is 13.5. The first-order valence-corrected chi connectivity index (χ1v) is 17.4. The molecule has 0 saturated heterocycles. The molecule has 0 bridgehead atoms. The number of para-hydroxylation sites is 5. The highest BCUT2D eigenvalue weighted by atomic mass is 16.3. The van der Waals surface area contributed by atoms with Gasteiger partial charge in [-0.1, -0.05) is 133 Å². The van der Waals surface area contributed by atoms with E-state index in [2.05, 4.69) is 191 Å². The summed E-state index contributed by atoms with van der Waals surface area (Å²) in [4.78, 5) is 2.38. The van der Waals surface area contributed by atoms with E-state index in [-0.39, 0.29) is 0 Å². The van der Waals surface area contributed by atoms with Gasteiger partial charge in [-0.05, 0) is 82.9 Å². The Balaban J connectivity index is 1.16. The number of benzene rings is 8. The van der Waals surface area contributed by atoms with Gasteiger partial charge in [0.2, 0.25) is 0 Å². The first-order chi connectivity index (χ1) is 25.3. The summed E-state index contributed by atoms with van der Waals surface area (Å²) >= 11 is 0. The van der Waals surface area contributed by atoms with Gasteiger partial charge in [-0.2, -0.15) is 0 Å². The number of furan rings is 1. The molecule has 0 N–H and O–H groups in total. The van der Waals surface area contributed by atoms with E-state index in [1.165, 1.54) is 32.9 Å². The normalized spacial score (nSPS) is 11.5. The van der Waals surface area contributed by atoms with E-state index in [0.717, 1.165) is 55.8 Å². The van der Waals surface area contributed by atoms with Crippen molar-refractivity contribution < 1.29 is 4.42 Å². The molecule has 0 fully saturated rings. The zero-order valence-corrected chi connectivity index (χ0v) is 27.8. The Bertz CT molecular complexity index is 2790. The summed E-state index contributed by atoms with van der Waals surface area (Å²) in [5.74, 6) is 0. The highest BCUT2D eigenvalue weighted by Gasteiger charge is 2.21. The Kier molecular flexibility index (Phi) is 6.81. The summed E-state index contributed by atoms with van der Waals surface area (Å²) in [6.07, 6.45) is 0. The average molecular weight is 653 g/mol. The molecule has 0 radical (unpaired) electrons. The van der Waals surface area contributed by atoms with Crippen LogP contribution in [0.2, 0.25) is 0 Å². The first-order valence-electron chi connectivity index (χ1n) is 17.4. The lowest BCUT2D eigenvalue weighted by molar-refractivity contribution is 0.669. The molecule has 0 unspecified atom stereocenters. The Morgan fingerprint density at radius 2 is 0.902 bits per heavy atom. The van der Waals surface area contributed by atoms with Gasteiger partial charge in [0.25, 0.3) is 0 Å². The van der Waals surface area contributed by atoms with Gasteiger partial charge >= 0.3 is 0 Å². The van der Waals surface area contributed by atoms with Crippen LogP contribution in [0.15, 0.2) is 199 Å². The van der Waals surface area contributed by atoms with Gasteiger partial charge in [-0.25, -0.2) is 0 Å². The fourth-order valence-corrected chi connectivity index (χ4v) is 7.69. The third-order valence-corrected chi connectivity index (χ3v) is 10.0. The molecule has 0 spiro atoms. The summed E-state index contributed by atoms with van der Waals surface area (Å²) in [6, 6.07) is 69.2. The Hall–Kier alpha value is -6.84. The Morgan fingerprint density at radius 3 is 1.61 bits per heavy atom. The molecule has 8 aromatic carbocycles. The van der Waals surface area contributed by atoms with Crippen LogP contribution < -0.4 is 4.90 Å². The second-order valence-electron chi connectivity index (χ2n) is 12.9. The molecule has 0 aliphatic heterocycles. The molecule has 51 heavy (non-hydrogen) atoms. The van der Waals surface area contributed by atoms with Gasteiger partial charge in [-0.15, -0.1) is 0 Å². The SMILES string of the molecule is c1ccc(-c2ccc(N(c3ccc(-c4cccc5oc6ccccc6c45)cc3)c3ccccc3-n3c4ccccc4c4ccccc43)cc2)cc1. The Labute approximate surface area is 295 Å². The number of hydrogen-bond donors (Lipinski definition) is 0. The van der Waals surface area contributed by atoms with Crippen molar-refractivity contribution >= 4 is 60.8 Å². The molecular weight excluding hydrogens is 621 g/mol. The summed E-state index contributed by atoms with van der Waals surface area (Å²) in [7, 11) is 0. The van der Waals surface area contributed by atoms with Gasteiger partial charge in [0.05, 0.1) is 22.4 Å². The van der Waals surface area contributed by atoms with E-state index in [0.29, 0.717) is 0 Å². The molecule has 2 heterocycles. The van der Waals surface area contributed by atoms with Crippen LogP contribution in [0.1, 0.15) is 0 Å². The van der Waals surface area contributed by atoms with Crippen LogP contribution in [0.5, 0.6) is 0 Å². The minimum absolute atomic E-state index is 0.901. The van der Waals surface area contributed by atoms with E-state index in [1.807, 2.05) is 12.1 Å². The first kappa shape index (κ1) is 29.1. The molecule has 0 saturated carbocycles. The van der Waals surface area contributed by atoms with Crippen molar-refractivity contribution in [3.05, 3.63) is 194 Å². The van der Waals surface area contributed by atoms with Crippen LogP contribution in [0.25, 0.3) is 71.7 Å². The lowest BCUT2D eigenvalue weighted by Gasteiger charge is -2.28. The molecule has 2 aromatic heterocycles. The van der Waals surface area contributed by atoms with Gasteiger partial charge in [-0.3, -0.25) is 0 Å². The molecule has 0 aliphatic carbocycles. The fourth-order valence-electron chi connectivity index (χ4n) is 7.69. The molecule has 240 valence electrons. The minimum Gasteiger partial charge on any atom is -0.456 e. The highest BCUT2D eigenvalue weighted by molar-refractivity contribution is 6.12. The van der Waals surface area contributed by atoms with Crippen LogP contribution in [-0.4, -0.2) is 4.57 Å². The quantitative estimate of drug-likeness (QED) is 0.178. The monoisotopic (exact) mass is 652 g/mol. The number of nitrogens with zero attached hydrogens (tertiary/aromatic N) is 2. The van der Waals surface area contributed by atoms with Crippen molar-refractivity contribution in [2.24, 2.45) is 0 Å². The van der Waals surface area contributed by atoms with Crippen molar-refractivity contribution in [2.75, 3.05) is 4.90 Å². The summed E-state index contributed by atoms with van der Waals surface area (Å²) in [5.41, 5.74) is 13.2. The topological polar surface area (TPSA) is 21.3 Å². The van der Waals surface area contributed by atoms with E-state index in [1.54, 1.807) is 0 Å². The van der Waals surface area contributed by atoms with Crippen LogP contribution in [0.3, 0.4) is 0 Å². The number of hydrogen-bond acceptors (Lipinski definition) is 2. The maximum atomic E-state index is 6.23. The molecule has 0 amide bonds. The summed E-state index contributed by atoms with van der Waals surface area (Å²) < 4.78 is 8.64. The van der Waals surface area contributed by atoms with E-state index < -0.39 is 0 Å². The average Bonchev–Trinajstić information content (AvgIpc) is 3.75. The van der Waals surface area contributed by atoms with Crippen LogP contribution >= 0.6 is 0 Å². The summed E-state index contributed by atoms with van der Waals surface area (Å²) in [5, 5.41) is 4.76. The van der Waals surface area contributed by atoms with E-state index >= 15 is 0 Å². The third-order valence-electron chi connectivity index (χ3n) is 10.0. The number of anilines is 3. The predicted molar refractivity (Wildman–Crippen MR) is 214 cm³/mol. The number of aromatic nitrogens is 1. The van der Waals surface area contributed by atoms with Gasteiger partial charge in [0.1, 0.15) is 11.2 Å². The fraction of sp³-hybridized carbons (Fsp3) is 0. The number of rotatable bonds is 6. The molecule has 10 aromatic rings. The van der Waals surface area contributed by atoms with E-state index in [4.69, 9.17) is 4.42 Å². The molecule has 3 nitrogen and oxygen atoms in total. The molecule has 0 aliphatic rings. The maximum Gasteiger partial charge on any atom is 0.136 e. The van der Waals surface area contributed by atoms with Crippen molar-refractivity contribution in [2.45, 2.75) is 0 Å². The van der Waals surface area contributed by atoms with Crippen molar-refractivity contribution in [1.29, 1.82) is 0 Å². The lowest BCUT2D eigenvalue weighted by Crippen LogP contribution is -2.13. The largest absolute Gasteiger partial charge is 0.456 e. The van der Waals surface area contributed by atoms with Crippen molar-refractivity contribution in [3.63, 3.8) is 0 Å². The Morgan fingerprint density at radius 1 is 0.373 bits per heavy atom. The smallest absolute Gasteiger partial charge is 0.136 e. The van der Waals surface area contributed by atoms with Gasteiger partial charge < -0.3 is 13.9 Å². The highest BCUT2D eigenvalue weighted by Crippen LogP contribution is 2.43. The number of fused-ring (bicyclic) bond motifs is 6. The van der Waals surface area contributed by atoms with Crippen LogP contribution in [0, 0.1) is 0 Å².